The Bertz CT molecular complexity index is 1300. The van der Waals surface area contributed by atoms with Crippen molar-refractivity contribution in [2.45, 2.75) is 11.5 Å². The molecule has 1 fully saturated rings. The molecule has 6 heteroatoms. The zero-order chi connectivity index (χ0) is 22.3. The van der Waals surface area contributed by atoms with E-state index < -0.39 is 16.9 Å². The molecule has 2 spiro atoms. The van der Waals surface area contributed by atoms with Gasteiger partial charge in [-0.25, -0.2) is 0 Å². The lowest BCUT2D eigenvalue weighted by atomic mass is 9.58. The number of ketones is 2. The van der Waals surface area contributed by atoms with E-state index in [2.05, 4.69) is 21.2 Å². The van der Waals surface area contributed by atoms with Gasteiger partial charge in [0.1, 0.15) is 11.0 Å². The summed E-state index contributed by atoms with van der Waals surface area (Å²) >= 11 is 3.47. The third-order valence-electron chi connectivity index (χ3n) is 7.41. The van der Waals surface area contributed by atoms with Crippen LogP contribution in [0.4, 0.5) is 5.69 Å². The van der Waals surface area contributed by atoms with E-state index in [4.69, 9.17) is 0 Å². The van der Waals surface area contributed by atoms with Gasteiger partial charge in [0.25, 0.3) is 5.91 Å². The number of nitrogens with zero attached hydrogens (tertiary/aromatic N) is 1. The number of Topliss-reactive ketones (excluding diaryl/α,β-unsaturated/α-hetero) is 2. The number of rotatable bonds is 1. The zero-order valence-corrected chi connectivity index (χ0v) is 18.8. The lowest BCUT2D eigenvalue weighted by Gasteiger charge is -2.42. The van der Waals surface area contributed by atoms with Crippen LogP contribution in [0.15, 0.2) is 77.3 Å². The molecular weight excluding hydrogens is 468 g/mol. The van der Waals surface area contributed by atoms with Crippen LogP contribution in [0.5, 0.6) is 0 Å². The summed E-state index contributed by atoms with van der Waals surface area (Å²) in [6.45, 7) is 0.401. The smallest absolute Gasteiger partial charge is 0.251 e. The highest BCUT2D eigenvalue weighted by Crippen LogP contribution is 2.66. The van der Waals surface area contributed by atoms with Gasteiger partial charge in [-0.2, -0.15) is 0 Å². The molecule has 0 radical (unpaired) electrons. The van der Waals surface area contributed by atoms with Gasteiger partial charge in [0.15, 0.2) is 11.6 Å². The van der Waals surface area contributed by atoms with Crippen LogP contribution in [0.25, 0.3) is 0 Å². The number of nitrogens with one attached hydrogen (secondary N) is 1. The Hall–Kier alpha value is -3.09. The number of hydrogen-bond donors (Lipinski definition) is 1. The third-order valence-corrected chi connectivity index (χ3v) is 7.90. The van der Waals surface area contributed by atoms with E-state index in [1.54, 1.807) is 24.3 Å². The van der Waals surface area contributed by atoms with Gasteiger partial charge in [0, 0.05) is 39.3 Å². The quantitative estimate of drug-likeness (QED) is 0.518. The van der Waals surface area contributed by atoms with E-state index in [-0.39, 0.29) is 17.5 Å². The van der Waals surface area contributed by atoms with E-state index in [9.17, 15) is 14.4 Å². The summed E-state index contributed by atoms with van der Waals surface area (Å²) in [5, 5.41) is 2.98. The molecule has 1 amide bonds. The molecule has 0 saturated carbocycles. The van der Waals surface area contributed by atoms with Gasteiger partial charge in [-0.15, -0.1) is 0 Å². The number of hydrogen-bond acceptors (Lipinski definition) is 4. The first-order valence-electron chi connectivity index (χ1n) is 10.5. The average Bonchev–Trinajstić information content (AvgIpc) is 3.34. The highest BCUT2D eigenvalue weighted by atomic mass is 79.9. The lowest BCUT2D eigenvalue weighted by Crippen LogP contribution is -2.60. The molecule has 6 rings (SSSR count). The fraction of sp³-hybridized carbons (Fsp3) is 0.192. The Morgan fingerprint density at radius 2 is 1.53 bits per heavy atom. The summed E-state index contributed by atoms with van der Waals surface area (Å²) in [7, 11) is 1.84. The van der Waals surface area contributed by atoms with Crippen molar-refractivity contribution in [1.82, 2.24) is 4.90 Å². The van der Waals surface area contributed by atoms with Gasteiger partial charge in [-0.05, 0) is 24.7 Å². The van der Waals surface area contributed by atoms with Crippen molar-refractivity contribution in [2.75, 3.05) is 18.9 Å². The number of likely N-dealkylation sites (N-methyl/N-ethyl adjacent to an activating group) is 1. The molecule has 3 aromatic carbocycles. The summed E-state index contributed by atoms with van der Waals surface area (Å²) in [5.41, 5.74) is -0.0591. The number of amides is 1. The summed E-state index contributed by atoms with van der Waals surface area (Å²) in [5.74, 6) is -1.35. The second kappa shape index (κ2) is 6.47. The molecule has 1 aliphatic carbocycles. The van der Waals surface area contributed by atoms with Gasteiger partial charge < -0.3 is 5.32 Å². The summed E-state index contributed by atoms with van der Waals surface area (Å²) in [4.78, 5) is 44.4. The normalized spacial score (nSPS) is 25.4. The maximum atomic E-state index is 14.3. The molecule has 32 heavy (non-hydrogen) atoms. The highest BCUT2D eigenvalue weighted by molar-refractivity contribution is 9.10. The van der Waals surface area contributed by atoms with Crippen LogP contribution >= 0.6 is 15.9 Å². The van der Waals surface area contributed by atoms with Crippen LogP contribution in [0.1, 0.15) is 37.8 Å². The minimum absolute atomic E-state index is 0.276. The molecule has 1 saturated heterocycles. The topological polar surface area (TPSA) is 66.5 Å². The molecule has 5 nitrogen and oxygen atoms in total. The molecule has 2 atom stereocenters. The van der Waals surface area contributed by atoms with Gasteiger partial charge in [-0.3, -0.25) is 19.3 Å². The molecule has 2 aliphatic heterocycles. The maximum Gasteiger partial charge on any atom is 0.251 e. The number of carbonyl (C=O) groups excluding carboxylic acids is 3. The summed E-state index contributed by atoms with van der Waals surface area (Å²) in [6.07, 6.45) is 0. The van der Waals surface area contributed by atoms with E-state index in [0.717, 1.165) is 10.0 Å². The van der Waals surface area contributed by atoms with Crippen LogP contribution < -0.4 is 5.32 Å². The number of halogens is 1. The Balaban J connectivity index is 1.73. The minimum atomic E-state index is -1.59. The molecule has 0 bridgehead atoms. The first-order valence-corrected chi connectivity index (χ1v) is 11.3. The van der Waals surface area contributed by atoms with Gasteiger partial charge >= 0.3 is 0 Å². The predicted molar refractivity (Wildman–Crippen MR) is 124 cm³/mol. The second-order valence-electron chi connectivity index (χ2n) is 8.71. The zero-order valence-electron chi connectivity index (χ0n) is 17.3. The van der Waals surface area contributed by atoms with Crippen molar-refractivity contribution in [1.29, 1.82) is 0 Å². The Kier molecular flexibility index (Phi) is 3.96. The Labute approximate surface area is 193 Å². The number of benzene rings is 3. The molecular formula is C26H19BrN2O3. The van der Waals surface area contributed by atoms with Crippen molar-refractivity contribution in [3.8, 4) is 0 Å². The maximum absolute atomic E-state index is 14.3. The van der Waals surface area contributed by atoms with E-state index in [1.165, 1.54) is 0 Å². The van der Waals surface area contributed by atoms with Crippen molar-refractivity contribution in [3.63, 3.8) is 0 Å². The van der Waals surface area contributed by atoms with Crippen molar-refractivity contribution in [2.24, 2.45) is 5.41 Å². The third kappa shape index (κ3) is 2.05. The van der Waals surface area contributed by atoms with Crippen LogP contribution in [-0.2, 0) is 10.3 Å². The fourth-order valence-corrected chi connectivity index (χ4v) is 6.60. The number of carbonyl (C=O) groups is 3. The summed E-state index contributed by atoms with van der Waals surface area (Å²) < 4.78 is 0.815. The largest absolute Gasteiger partial charge is 0.324 e. The van der Waals surface area contributed by atoms with Crippen molar-refractivity contribution in [3.05, 3.63) is 99.5 Å². The molecule has 2 heterocycles. The number of anilines is 1. The van der Waals surface area contributed by atoms with Gasteiger partial charge in [-0.1, -0.05) is 76.6 Å². The van der Waals surface area contributed by atoms with Gasteiger partial charge in [0.2, 0.25) is 0 Å². The number of likely N-dealkylation sites (tertiary alicyclic amines) is 1. The molecule has 3 aliphatic rings. The molecule has 0 unspecified atom stereocenters. The average molecular weight is 487 g/mol. The molecule has 1 N–H and O–H groups in total. The van der Waals surface area contributed by atoms with Crippen LogP contribution in [0, 0.1) is 5.41 Å². The fourth-order valence-electron chi connectivity index (χ4n) is 6.23. The first-order chi connectivity index (χ1) is 15.4. The van der Waals surface area contributed by atoms with Crippen molar-refractivity contribution >= 4 is 39.1 Å². The van der Waals surface area contributed by atoms with E-state index in [1.807, 2.05) is 60.5 Å². The molecule has 158 valence electrons. The molecule has 0 aromatic heterocycles. The standard InChI is InChI=1S/C26H19BrN2O3/c1-29-14-20(15-7-3-2-4-8-15)25(22(30)17-9-5-6-10-18(17)23(25)31)26(29)19-12-11-16(27)13-21(19)28-24(26)32/h2-13,20H,14H2,1H3,(H,28,32)/t20-,26-/m1/s1. The second-order valence-corrected chi connectivity index (χ2v) is 9.63. The van der Waals surface area contributed by atoms with Crippen LogP contribution in [-0.4, -0.2) is 36.0 Å². The minimum Gasteiger partial charge on any atom is -0.324 e. The van der Waals surface area contributed by atoms with Crippen LogP contribution in [0.2, 0.25) is 0 Å². The lowest BCUT2D eigenvalue weighted by molar-refractivity contribution is -0.128. The van der Waals surface area contributed by atoms with E-state index >= 15 is 0 Å². The van der Waals surface area contributed by atoms with Crippen LogP contribution in [0.3, 0.4) is 0 Å². The van der Waals surface area contributed by atoms with E-state index in [0.29, 0.717) is 28.9 Å². The number of fused-ring (bicyclic) bond motifs is 4. The first kappa shape index (κ1) is 19.6. The Morgan fingerprint density at radius 1 is 0.906 bits per heavy atom. The van der Waals surface area contributed by atoms with Crippen molar-refractivity contribution < 1.29 is 14.4 Å². The monoisotopic (exact) mass is 486 g/mol. The van der Waals surface area contributed by atoms with Gasteiger partial charge in [0.05, 0.1) is 0 Å². The highest BCUT2D eigenvalue weighted by Gasteiger charge is 2.78. The predicted octanol–water partition coefficient (Wildman–Crippen LogP) is 4.39. The SMILES string of the molecule is CN1C[C@H](c2ccccc2)C2(C(=O)c3ccccc3C2=O)[C@@]12C(=O)Nc1cc(Br)ccc12. The summed E-state index contributed by atoms with van der Waals surface area (Å²) in [6, 6.07) is 22.1. The molecule has 3 aromatic rings. The Morgan fingerprint density at radius 3 is 2.19 bits per heavy atom.